The number of nitrogens with zero attached hydrogens (tertiary/aromatic N) is 1. The summed E-state index contributed by atoms with van der Waals surface area (Å²) in [4.78, 5) is 23.0. The first kappa shape index (κ1) is 17.3. The summed E-state index contributed by atoms with van der Waals surface area (Å²) < 4.78 is 29.9. The van der Waals surface area contributed by atoms with E-state index < -0.39 is 21.9 Å². The molecule has 0 atom stereocenters. The first-order chi connectivity index (χ1) is 10.8. The van der Waals surface area contributed by atoms with E-state index in [1.54, 1.807) is 38.1 Å². The predicted octanol–water partition coefficient (Wildman–Crippen LogP) is 1.36. The maximum absolute atomic E-state index is 11.8. The van der Waals surface area contributed by atoms with Gasteiger partial charge in [-0.25, -0.2) is 8.42 Å². The minimum Gasteiger partial charge on any atom is -0.455 e. The number of amides is 1. The molecule has 1 amide bonds. The van der Waals surface area contributed by atoms with Crippen molar-refractivity contribution in [1.29, 1.82) is 0 Å². The number of nitrogens with one attached hydrogen (secondary N) is 1. The molecule has 0 aromatic heterocycles. The van der Waals surface area contributed by atoms with Gasteiger partial charge < -0.3 is 10.1 Å². The van der Waals surface area contributed by atoms with Crippen molar-refractivity contribution in [1.82, 2.24) is 0 Å². The van der Waals surface area contributed by atoms with Crippen molar-refractivity contribution in [2.75, 3.05) is 28.5 Å². The molecular formula is C15H20N2O5S. The Morgan fingerprint density at radius 3 is 2.43 bits per heavy atom. The molecule has 1 aromatic carbocycles. The van der Waals surface area contributed by atoms with Crippen LogP contribution in [0.5, 0.6) is 0 Å². The smallest absolute Gasteiger partial charge is 0.308 e. The Labute approximate surface area is 135 Å². The highest BCUT2D eigenvalue weighted by Gasteiger charge is 2.28. The zero-order chi connectivity index (χ0) is 17.0. The molecule has 0 unspecified atom stereocenters. The normalized spacial score (nSPS) is 16.4. The molecule has 1 aromatic rings. The zero-order valence-electron chi connectivity index (χ0n) is 13.1. The molecule has 1 N–H and O–H groups in total. The van der Waals surface area contributed by atoms with Gasteiger partial charge in [0, 0.05) is 12.2 Å². The third-order valence-electron chi connectivity index (χ3n) is 3.36. The molecule has 1 aliphatic rings. The van der Waals surface area contributed by atoms with Gasteiger partial charge in [-0.15, -0.1) is 0 Å². The van der Waals surface area contributed by atoms with Gasteiger partial charge in [0.05, 0.1) is 17.4 Å². The van der Waals surface area contributed by atoms with E-state index in [1.165, 1.54) is 4.31 Å². The Bertz CT molecular complexity index is 682. The molecule has 1 heterocycles. The number of anilines is 2. The standard InChI is InChI=1S/C15H20N2O5S/c1-11(2)15(19)22-10-14(18)16-12-4-6-13(7-5-12)17-8-3-9-23(17,20)21/h4-7,11H,3,8-10H2,1-2H3,(H,16,18). The van der Waals surface area contributed by atoms with Gasteiger partial charge in [0.2, 0.25) is 10.0 Å². The molecule has 23 heavy (non-hydrogen) atoms. The van der Waals surface area contributed by atoms with E-state index in [9.17, 15) is 18.0 Å². The van der Waals surface area contributed by atoms with E-state index in [4.69, 9.17) is 4.74 Å². The van der Waals surface area contributed by atoms with Crippen molar-refractivity contribution in [2.24, 2.45) is 5.92 Å². The lowest BCUT2D eigenvalue weighted by molar-refractivity contribution is -0.150. The van der Waals surface area contributed by atoms with Crippen LogP contribution in [0.4, 0.5) is 11.4 Å². The molecule has 0 bridgehead atoms. The number of carbonyl (C=O) groups excluding carboxylic acids is 2. The van der Waals surface area contributed by atoms with Crippen LogP contribution in [0.1, 0.15) is 20.3 Å². The highest BCUT2D eigenvalue weighted by Crippen LogP contribution is 2.25. The fourth-order valence-electron chi connectivity index (χ4n) is 2.14. The molecule has 7 nitrogen and oxygen atoms in total. The van der Waals surface area contributed by atoms with Crippen LogP contribution in [0.3, 0.4) is 0 Å². The van der Waals surface area contributed by atoms with Gasteiger partial charge >= 0.3 is 5.97 Å². The molecule has 8 heteroatoms. The summed E-state index contributed by atoms with van der Waals surface area (Å²) in [6.07, 6.45) is 0.613. The fourth-order valence-corrected chi connectivity index (χ4v) is 3.71. The van der Waals surface area contributed by atoms with E-state index in [2.05, 4.69) is 5.32 Å². The fraction of sp³-hybridized carbons (Fsp3) is 0.467. The van der Waals surface area contributed by atoms with Crippen LogP contribution in [0.15, 0.2) is 24.3 Å². The monoisotopic (exact) mass is 340 g/mol. The third kappa shape index (κ3) is 4.44. The second kappa shape index (κ2) is 6.99. The molecule has 1 saturated heterocycles. The van der Waals surface area contributed by atoms with E-state index in [0.717, 1.165) is 0 Å². The quantitative estimate of drug-likeness (QED) is 0.817. The van der Waals surface area contributed by atoms with Crippen LogP contribution in [-0.4, -0.2) is 39.2 Å². The van der Waals surface area contributed by atoms with Gasteiger partial charge in [0.1, 0.15) is 0 Å². The summed E-state index contributed by atoms with van der Waals surface area (Å²) in [7, 11) is -3.21. The minimum absolute atomic E-state index is 0.159. The molecule has 1 aliphatic heterocycles. The first-order valence-electron chi connectivity index (χ1n) is 7.36. The molecule has 0 spiro atoms. The number of esters is 1. The largest absolute Gasteiger partial charge is 0.455 e. The highest BCUT2D eigenvalue weighted by atomic mass is 32.2. The van der Waals surface area contributed by atoms with Crippen molar-refractivity contribution in [3.8, 4) is 0 Å². The van der Waals surface area contributed by atoms with Crippen LogP contribution >= 0.6 is 0 Å². The lowest BCUT2D eigenvalue weighted by Gasteiger charge is -2.17. The Balaban J connectivity index is 1.93. The van der Waals surface area contributed by atoms with Crippen molar-refractivity contribution in [3.05, 3.63) is 24.3 Å². The lowest BCUT2D eigenvalue weighted by Crippen LogP contribution is -2.25. The summed E-state index contributed by atoms with van der Waals surface area (Å²) in [6.45, 7) is 3.50. The minimum atomic E-state index is -3.21. The summed E-state index contributed by atoms with van der Waals surface area (Å²) >= 11 is 0. The zero-order valence-corrected chi connectivity index (χ0v) is 13.9. The summed E-state index contributed by atoms with van der Waals surface area (Å²) in [5.74, 6) is -1.01. The molecule has 0 radical (unpaired) electrons. The van der Waals surface area contributed by atoms with E-state index in [-0.39, 0.29) is 18.3 Å². The lowest BCUT2D eigenvalue weighted by atomic mass is 10.2. The third-order valence-corrected chi connectivity index (χ3v) is 5.22. The van der Waals surface area contributed by atoms with Gasteiger partial charge in [-0.2, -0.15) is 0 Å². The van der Waals surface area contributed by atoms with Gasteiger partial charge in [-0.3, -0.25) is 13.9 Å². The second-order valence-electron chi connectivity index (χ2n) is 5.60. The molecule has 1 fully saturated rings. The summed E-state index contributed by atoms with van der Waals surface area (Å²) in [5.41, 5.74) is 1.09. The van der Waals surface area contributed by atoms with Crippen molar-refractivity contribution in [3.63, 3.8) is 0 Å². The number of hydrogen-bond acceptors (Lipinski definition) is 5. The Kier molecular flexibility index (Phi) is 5.25. The summed E-state index contributed by atoms with van der Waals surface area (Å²) in [6, 6.07) is 6.51. The van der Waals surface area contributed by atoms with E-state index in [0.29, 0.717) is 24.3 Å². The second-order valence-corrected chi connectivity index (χ2v) is 7.61. The Morgan fingerprint density at radius 2 is 1.91 bits per heavy atom. The van der Waals surface area contributed by atoms with Crippen LogP contribution in [0.25, 0.3) is 0 Å². The van der Waals surface area contributed by atoms with E-state index in [1.807, 2.05) is 0 Å². The summed E-state index contributed by atoms with van der Waals surface area (Å²) in [5, 5.41) is 2.59. The number of rotatable bonds is 5. The average molecular weight is 340 g/mol. The maximum atomic E-state index is 11.8. The number of carbonyl (C=O) groups is 2. The van der Waals surface area contributed by atoms with Crippen LogP contribution in [-0.2, 0) is 24.3 Å². The van der Waals surface area contributed by atoms with Gasteiger partial charge in [0.15, 0.2) is 6.61 Å². The Morgan fingerprint density at radius 1 is 1.26 bits per heavy atom. The predicted molar refractivity (Wildman–Crippen MR) is 86.6 cm³/mol. The van der Waals surface area contributed by atoms with Crippen molar-refractivity contribution >= 4 is 33.3 Å². The number of sulfonamides is 1. The van der Waals surface area contributed by atoms with Crippen molar-refractivity contribution < 1.29 is 22.7 Å². The SMILES string of the molecule is CC(C)C(=O)OCC(=O)Nc1ccc(N2CCCS2(=O)=O)cc1. The topological polar surface area (TPSA) is 92.8 Å². The highest BCUT2D eigenvalue weighted by molar-refractivity contribution is 7.93. The van der Waals surface area contributed by atoms with Gasteiger partial charge in [0.25, 0.3) is 5.91 Å². The van der Waals surface area contributed by atoms with Crippen molar-refractivity contribution in [2.45, 2.75) is 20.3 Å². The first-order valence-corrected chi connectivity index (χ1v) is 8.97. The Hall–Kier alpha value is -2.09. The number of ether oxygens (including phenoxy) is 1. The molecule has 0 aliphatic carbocycles. The number of benzene rings is 1. The number of hydrogen-bond donors (Lipinski definition) is 1. The van der Waals surface area contributed by atoms with E-state index >= 15 is 0 Å². The molecule has 126 valence electrons. The molecule has 0 saturated carbocycles. The molecular weight excluding hydrogens is 320 g/mol. The van der Waals surface area contributed by atoms with Crippen LogP contribution in [0.2, 0.25) is 0 Å². The average Bonchev–Trinajstić information content (AvgIpc) is 2.85. The van der Waals surface area contributed by atoms with Gasteiger partial charge in [-0.1, -0.05) is 13.8 Å². The van der Waals surface area contributed by atoms with Gasteiger partial charge in [-0.05, 0) is 30.7 Å². The maximum Gasteiger partial charge on any atom is 0.308 e. The van der Waals surface area contributed by atoms with Crippen LogP contribution < -0.4 is 9.62 Å². The van der Waals surface area contributed by atoms with Crippen LogP contribution in [0, 0.1) is 5.92 Å². The molecule has 2 rings (SSSR count).